The quantitative estimate of drug-likeness (QED) is 0.526. The molecule has 33 heavy (non-hydrogen) atoms. The minimum Gasteiger partial charge on any atom is -0.465 e. The van der Waals surface area contributed by atoms with Crippen LogP contribution in [-0.2, 0) is 25.6 Å². The van der Waals surface area contributed by atoms with Crippen molar-refractivity contribution in [2.75, 3.05) is 13.7 Å². The Bertz CT molecular complexity index is 1070. The SMILES string of the molecule is COC(=O)c1ccc(CN2C(=O)CC(c3ccccc3Cl)C(C(=O)OCC(C)C)=C2C)cc1. The van der Waals surface area contributed by atoms with Crippen molar-refractivity contribution in [1.29, 1.82) is 0 Å². The first kappa shape index (κ1) is 24.5. The summed E-state index contributed by atoms with van der Waals surface area (Å²) in [6.07, 6.45) is 0.105. The van der Waals surface area contributed by atoms with E-state index in [4.69, 9.17) is 21.1 Å². The Hall–Kier alpha value is -3.12. The largest absolute Gasteiger partial charge is 0.465 e. The van der Waals surface area contributed by atoms with E-state index in [0.717, 1.165) is 11.1 Å². The molecule has 1 aliphatic heterocycles. The third-order valence-electron chi connectivity index (χ3n) is 5.59. The number of benzene rings is 2. The van der Waals surface area contributed by atoms with Crippen LogP contribution >= 0.6 is 11.6 Å². The number of methoxy groups -OCH3 is 1. The fourth-order valence-corrected chi connectivity index (χ4v) is 4.13. The van der Waals surface area contributed by atoms with E-state index in [1.807, 2.05) is 32.0 Å². The Morgan fingerprint density at radius 1 is 1.09 bits per heavy atom. The van der Waals surface area contributed by atoms with Gasteiger partial charge in [0.25, 0.3) is 0 Å². The second-order valence-corrected chi connectivity index (χ2v) is 8.85. The molecule has 0 saturated heterocycles. The predicted octanol–water partition coefficient (Wildman–Crippen LogP) is 5.12. The number of allylic oxidation sites excluding steroid dienone is 1. The molecule has 0 fully saturated rings. The van der Waals surface area contributed by atoms with Gasteiger partial charge in [-0.15, -0.1) is 0 Å². The molecule has 0 bridgehead atoms. The average molecular weight is 470 g/mol. The molecule has 0 saturated carbocycles. The van der Waals surface area contributed by atoms with Gasteiger partial charge in [0, 0.05) is 23.1 Å². The molecule has 1 unspecified atom stereocenters. The number of carbonyl (C=O) groups excluding carboxylic acids is 3. The lowest BCUT2D eigenvalue weighted by molar-refractivity contribution is -0.141. The molecule has 0 aliphatic carbocycles. The van der Waals surface area contributed by atoms with Crippen molar-refractivity contribution in [2.45, 2.75) is 39.7 Å². The van der Waals surface area contributed by atoms with Crippen molar-refractivity contribution in [3.05, 3.63) is 81.5 Å². The van der Waals surface area contributed by atoms with E-state index in [1.165, 1.54) is 7.11 Å². The summed E-state index contributed by atoms with van der Waals surface area (Å²) in [5.74, 6) is -1.28. The lowest BCUT2D eigenvalue weighted by atomic mass is 9.83. The van der Waals surface area contributed by atoms with Gasteiger partial charge >= 0.3 is 11.9 Å². The Balaban J connectivity index is 1.97. The van der Waals surface area contributed by atoms with Crippen molar-refractivity contribution in [3.8, 4) is 0 Å². The maximum absolute atomic E-state index is 13.2. The summed E-state index contributed by atoms with van der Waals surface area (Å²) >= 11 is 6.43. The van der Waals surface area contributed by atoms with E-state index >= 15 is 0 Å². The van der Waals surface area contributed by atoms with Gasteiger partial charge in [-0.2, -0.15) is 0 Å². The van der Waals surface area contributed by atoms with E-state index in [-0.39, 0.29) is 31.4 Å². The highest BCUT2D eigenvalue weighted by Gasteiger charge is 2.37. The first-order chi connectivity index (χ1) is 15.7. The van der Waals surface area contributed by atoms with Crippen molar-refractivity contribution in [3.63, 3.8) is 0 Å². The smallest absolute Gasteiger partial charge is 0.337 e. The van der Waals surface area contributed by atoms with Gasteiger partial charge in [-0.25, -0.2) is 9.59 Å². The fraction of sp³-hybridized carbons (Fsp3) is 0.346. The molecule has 7 heteroatoms. The first-order valence-corrected chi connectivity index (χ1v) is 11.2. The zero-order valence-corrected chi connectivity index (χ0v) is 20.0. The number of halogens is 1. The second-order valence-electron chi connectivity index (χ2n) is 8.44. The topological polar surface area (TPSA) is 72.9 Å². The maximum atomic E-state index is 13.2. The highest BCUT2D eigenvalue weighted by Crippen LogP contribution is 2.40. The highest BCUT2D eigenvalue weighted by molar-refractivity contribution is 6.31. The lowest BCUT2D eigenvalue weighted by Gasteiger charge is -2.35. The molecule has 3 rings (SSSR count). The van der Waals surface area contributed by atoms with Crippen LogP contribution in [0.2, 0.25) is 5.02 Å². The molecule has 1 aliphatic rings. The maximum Gasteiger partial charge on any atom is 0.337 e. The van der Waals surface area contributed by atoms with Crippen LogP contribution < -0.4 is 0 Å². The Labute approximate surface area is 199 Å². The summed E-state index contributed by atoms with van der Waals surface area (Å²) in [4.78, 5) is 39.6. The number of carbonyl (C=O) groups is 3. The van der Waals surface area contributed by atoms with Crippen LogP contribution in [0.4, 0.5) is 0 Å². The van der Waals surface area contributed by atoms with Gasteiger partial charge in [0.2, 0.25) is 5.91 Å². The molecule has 0 spiro atoms. The standard InChI is InChI=1S/C26H28ClNO5/c1-16(2)15-33-26(31)24-17(3)28(14-18-9-11-19(12-10-18)25(30)32-4)23(29)13-21(24)20-7-5-6-8-22(20)27/h5-12,16,21H,13-15H2,1-4H3. The van der Waals surface area contributed by atoms with Crippen molar-refractivity contribution < 1.29 is 23.9 Å². The summed E-state index contributed by atoms with van der Waals surface area (Å²) in [7, 11) is 1.33. The van der Waals surface area contributed by atoms with Crippen LogP contribution in [0.3, 0.4) is 0 Å². The van der Waals surface area contributed by atoms with Gasteiger partial charge in [0.05, 0.1) is 31.4 Å². The van der Waals surface area contributed by atoms with Crippen LogP contribution in [0.5, 0.6) is 0 Å². The molecule has 2 aromatic carbocycles. The predicted molar refractivity (Wildman–Crippen MR) is 126 cm³/mol. The third-order valence-corrected chi connectivity index (χ3v) is 5.93. The zero-order chi connectivity index (χ0) is 24.1. The van der Waals surface area contributed by atoms with E-state index < -0.39 is 17.9 Å². The molecular formula is C26H28ClNO5. The molecule has 1 amide bonds. The molecule has 0 aromatic heterocycles. The summed E-state index contributed by atoms with van der Waals surface area (Å²) in [6, 6.07) is 14.1. The lowest BCUT2D eigenvalue weighted by Crippen LogP contribution is -2.38. The van der Waals surface area contributed by atoms with Gasteiger partial charge < -0.3 is 14.4 Å². The van der Waals surface area contributed by atoms with Gasteiger partial charge in [0.15, 0.2) is 0 Å². The summed E-state index contributed by atoms with van der Waals surface area (Å²) in [5.41, 5.74) is 2.96. The van der Waals surface area contributed by atoms with Crippen molar-refractivity contribution >= 4 is 29.4 Å². The number of hydrogen-bond donors (Lipinski definition) is 0. The van der Waals surface area contributed by atoms with Gasteiger partial charge in [0.1, 0.15) is 0 Å². The molecule has 1 atom stereocenters. The van der Waals surface area contributed by atoms with E-state index in [1.54, 1.807) is 42.2 Å². The molecule has 1 heterocycles. The van der Waals surface area contributed by atoms with E-state index in [2.05, 4.69) is 0 Å². The van der Waals surface area contributed by atoms with Crippen molar-refractivity contribution in [2.24, 2.45) is 5.92 Å². The minimum absolute atomic E-state index is 0.105. The number of hydrogen-bond acceptors (Lipinski definition) is 5. The van der Waals surface area contributed by atoms with Crippen LogP contribution in [-0.4, -0.2) is 36.5 Å². The first-order valence-electron chi connectivity index (χ1n) is 10.8. The highest BCUT2D eigenvalue weighted by atomic mass is 35.5. The number of ether oxygens (including phenoxy) is 2. The Morgan fingerprint density at radius 2 is 1.76 bits per heavy atom. The monoisotopic (exact) mass is 469 g/mol. The summed E-state index contributed by atoms with van der Waals surface area (Å²) in [5, 5.41) is 0.504. The van der Waals surface area contributed by atoms with E-state index in [9.17, 15) is 14.4 Å². The third kappa shape index (κ3) is 5.63. The fourth-order valence-electron chi connectivity index (χ4n) is 3.86. The van der Waals surface area contributed by atoms with Crippen LogP contribution in [0.25, 0.3) is 0 Å². The number of nitrogens with zero attached hydrogens (tertiary/aromatic N) is 1. The number of esters is 2. The van der Waals surface area contributed by atoms with Gasteiger partial charge in [-0.1, -0.05) is 55.8 Å². The Morgan fingerprint density at radius 3 is 2.36 bits per heavy atom. The molecule has 2 aromatic rings. The van der Waals surface area contributed by atoms with E-state index in [0.29, 0.717) is 21.9 Å². The zero-order valence-electron chi connectivity index (χ0n) is 19.3. The molecule has 174 valence electrons. The molecule has 0 radical (unpaired) electrons. The normalized spacial score (nSPS) is 16.2. The van der Waals surface area contributed by atoms with Crippen LogP contribution in [0.15, 0.2) is 59.8 Å². The number of rotatable bonds is 7. The van der Waals surface area contributed by atoms with Crippen LogP contribution in [0.1, 0.15) is 54.6 Å². The molecule has 6 nitrogen and oxygen atoms in total. The van der Waals surface area contributed by atoms with Gasteiger partial charge in [-0.3, -0.25) is 4.79 Å². The average Bonchev–Trinajstić information content (AvgIpc) is 2.80. The van der Waals surface area contributed by atoms with Gasteiger partial charge in [-0.05, 0) is 42.2 Å². The second kappa shape index (κ2) is 10.7. The van der Waals surface area contributed by atoms with Crippen molar-refractivity contribution in [1.82, 2.24) is 4.90 Å². The Kier molecular flexibility index (Phi) is 7.92. The molecule has 0 N–H and O–H groups in total. The summed E-state index contributed by atoms with van der Waals surface area (Å²) in [6.45, 7) is 6.25. The molecular weight excluding hydrogens is 442 g/mol. The minimum atomic E-state index is -0.483. The van der Waals surface area contributed by atoms with Crippen LogP contribution in [0, 0.1) is 5.92 Å². The summed E-state index contributed by atoms with van der Waals surface area (Å²) < 4.78 is 10.3. The number of amides is 1.